The fraction of sp³-hybridized carbons (Fsp3) is 0.200. The molecule has 0 saturated heterocycles. The van der Waals surface area contributed by atoms with E-state index < -0.39 is 5.97 Å². The van der Waals surface area contributed by atoms with Crippen LogP contribution in [-0.4, -0.2) is 37.6 Å². The summed E-state index contributed by atoms with van der Waals surface area (Å²) in [6, 6.07) is 25.1. The van der Waals surface area contributed by atoms with Crippen molar-refractivity contribution in [3.63, 3.8) is 0 Å². The molecule has 4 rings (SSSR count). The summed E-state index contributed by atoms with van der Waals surface area (Å²) < 4.78 is 17.9. The topological polar surface area (TPSA) is 71.3 Å². The number of hydrogen-bond donors (Lipinski definition) is 0. The van der Waals surface area contributed by atoms with E-state index in [1.54, 1.807) is 26.4 Å². The number of aromatic nitrogens is 1. The van der Waals surface area contributed by atoms with E-state index in [-0.39, 0.29) is 6.61 Å². The molecule has 0 unspecified atom stereocenters. The van der Waals surface area contributed by atoms with E-state index in [9.17, 15) is 4.79 Å². The number of ether oxygens (including phenoxy) is 3. The first-order valence-corrected chi connectivity index (χ1v) is 11.8. The summed E-state index contributed by atoms with van der Waals surface area (Å²) in [7, 11) is 4.67. The molecule has 1 aromatic heterocycles. The van der Waals surface area contributed by atoms with E-state index in [2.05, 4.69) is 22.7 Å². The first-order chi connectivity index (χ1) is 18.0. The van der Waals surface area contributed by atoms with Crippen molar-refractivity contribution in [3.8, 4) is 28.4 Å². The van der Waals surface area contributed by atoms with Crippen molar-refractivity contribution in [2.24, 2.45) is 5.16 Å². The molecule has 0 saturated carbocycles. The van der Waals surface area contributed by atoms with Gasteiger partial charge in [-0.15, -0.1) is 0 Å². The monoisotopic (exact) mass is 498 g/mol. The standard InChI is InChI=1S/C30H30N2O5/c1-20(31-37-19-23-9-6-7-12-27(23)30(33)36-5)28-18-29(22-10-8-11-26(17-22)35-4)32(21(28)2)24-13-15-25(34-3)16-14-24/h6-18H,19H2,1-5H3/b31-20+. The Balaban J connectivity index is 1.71. The fourth-order valence-corrected chi connectivity index (χ4v) is 4.24. The summed E-state index contributed by atoms with van der Waals surface area (Å²) in [6.07, 6.45) is 0. The first-order valence-electron chi connectivity index (χ1n) is 11.8. The molecule has 4 aromatic rings. The Labute approximate surface area is 216 Å². The fourth-order valence-electron chi connectivity index (χ4n) is 4.24. The molecule has 7 heteroatoms. The average molecular weight is 499 g/mol. The molecule has 37 heavy (non-hydrogen) atoms. The molecule has 0 atom stereocenters. The van der Waals surface area contributed by atoms with Gasteiger partial charge < -0.3 is 23.6 Å². The Kier molecular flexibility index (Phi) is 7.93. The minimum absolute atomic E-state index is 0.142. The van der Waals surface area contributed by atoms with Crippen LogP contribution in [0, 0.1) is 6.92 Å². The number of hydrogen-bond acceptors (Lipinski definition) is 6. The van der Waals surface area contributed by atoms with Crippen LogP contribution in [0.3, 0.4) is 0 Å². The molecular weight excluding hydrogens is 468 g/mol. The van der Waals surface area contributed by atoms with Gasteiger partial charge in [0.2, 0.25) is 0 Å². The zero-order chi connectivity index (χ0) is 26.4. The molecule has 0 aliphatic carbocycles. The number of benzene rings is 3. The third kappa shape index (κ3) is 5.51. The number of carbonyl (C=O) groups excluding carboxylic acids is 1. The number of methoxy groups -OCH3 is 3. The van der Waals surface area contributed by atoms with Crippen LogP contribution in [0.5, 0.6) is 11.5 Å². The molecule has 0 spiro atoms. The van der Waals surface area contributed by atoms with Crippen LogP contribution < -0.4 is 9.47 Å². The van der Waals surface area contributed by atoms with Crippen molar-refractivity contribution in [1.29, 1.82) is 0 Å². The highest BCUT2D eigenvalue weighted by Gasteiger charge is 2.18. The Bertz CT molecular complexity index is 1420. The number of nitrogens with zero attached hydrogens (tertiary/aromatic N) is 2. The van der Waals surface area contributed by atoms with Crippen LogP contribution in [0.1, 0.15) is 34.1 Å². The highest BCUT2D eigenvalue weighted by atomic mass is 16.6. The van der Waals surface area contributed by atoms with Crippen LogP contribution in [0.25, 0.3) is 16.9 Å². The zero-order valence-electron chi connectivity index (χ0n) is 21.6. The summed E-state index contributed by atoms with van der Waals surface area (Å²) in [5, 5.41) is 4.39. The van der Waals surface area contributed by atoms with Crippen molar-refractivity contribution >= 4 is 11.7 Å². The maximum absolute atomic E-state index is 12.1. The SMILES string of the molecule is COC(=O)c1ccccc1CO/N=C(\C)c1cc(-c2cccc(OC)c2)n(-c2ccc(OC)cc2)c1C. The number of rotatable bonds is 9. The molecule has 0 radical (unpaired) electrons. The Morgan fingerprint density at radius 3 is 2.27 bits per heavy atom. The minimum Gasteiger partial charge on any atom is -0.497 e. The lowest BCUT2D eigenvalue weighted by Gasteiger charge is -2.14. The van der Waals surface area contributed by atoms with Gasteiger partial charge >= 0.3 is 5.97 Å². The van der Waals surface area contributed by atoms with E-state index in [0.717, 1.165) is 39.7 Å². The van der Waals surface area contributed by atoms with Crippen molar-refractivity contribution in [1.82, 2.24) is 4.57 Å². The minimum atomic E-state index is -0.407. The van der Waals surface area contributed by atoms with Gasteiger partial charge in [-0.1, -0.05) is 35.5 Å². The number of carbonyl (C=O) groups is 1. The highest BCUT2D eigenvalue weighted by molar-refractivity contribution is 6.01. The van der Waals surface area contributed by atoms with Crippen LogP contribution in [0.2, 0.25) is 0 Å². The van der Waals surface area contributed by atoms with Gasteiger partial charge in [-0.05, 0) is 62.4 Å². The van der Waals surface area contributed by atoms with E-state index in [1.165, 1.54) is 7.11 Å². The quantitative estimate of drug-likeness (QED) is 0.156. The van der Waals surface area contributed by atoms with Crippen LogP contribution in [0.15, 0.2) is 84.0 Å². The maximum atomic E-state index is 12.1. The van der Waals surface area contributed by atoms with Gasteiger partial charge in [-0.3, -0.25) is 0 Å². The Morgan fingerprint density at radius 1 is 0.838 bits per heavy atom. The van der Waals surface area contributed by atoms with Gasteiger partial charge in [-0.25, -0.2) is 4.79 Å². The molecule has 0 N–H and O–H groups in total. The van der Waals surface area contributed by atoms with Gasteiger partial charge in [0.25, 0.3) is 0 Å². The van der Waals surface area contributed by atoms with E-state index >= 15 is 0 Å². The van der Waals surface area contributed by atoms with Crippen molar-refractivity contribution < 1.29 is 23.8 Å². The lowest BCUT2D eigenvalue weighted by Crippen LogP contribution is -2.06. The molecule has 0 bridgehead atoms. The van der Waals surface area contributed by atoms with Crippen molar-refractivity contribution in [2.75, 3.05) is 21.3 Å². The average Bonchev–Trinajstić information content (AvgIpc) is 3.29. The van der Waals surface area contributed by atoms with Gasteiger partial charge in [-0.2, -0.15) is 0 Å². The van der Waals surface area contributed by atoms with Gasteiger partial charge in [0.05, 0.1) is 38.3 Å². The van der Waals surface area contributed by atoms with E-state index in [0.29, 0.717) is 16.8 Å². The molecule has 0 fully saturated rings. The first kappa shape index (κ1) is 25.6. The molecule has 1 heterocycles. The molecule has 190 valence electrons. The van der Waals surface area contributed by atoms with Crippen LogP contribution in [0.4, 0.5) is 0 Å². The zero-order valence-corrected chi connectivity index (χ0v) is 21.6. The third-order valence-electron chi connectivity index (χ3n) is 6.18. The Hall–Kier alpha value is -4.52. The smallest absolute Gasteiger partial charge is 0.338 e. The normalized spacial score (nSPS) is 11.2. The Morgan fingerprint density at radius 2 is 1.57 bits per heavy atom. The number of oxime groups is 1. The van der Waals surface area contributed by atoms with Crippen LogP contribution in [-0.2, 0) is 16.2 Å². The summed E-state index contributed by atoms with van der Waals surface area (Å²) in [5.74, 6) is 1.16. The molecular formula is C30H30N2O5. The second kappa shape index (κ2) is 11.5. The molecule has 0 aliphatic heterocycles. The lowest BCUT2D eigenvalue weighted by atomic mass is 10.1. The summed E-state index contributed by atoms with van der Waals surface area (Å²) >= 11 is 0. The molecule has 7 nitrogen and oxygen atoms in total. The van der Waals surface area contributed by atoms with E-state index in [4.69, 9.17) is 19.0 Å². The summed E-state index contributed by atoms with van der Waals surface area (Å²) in [6.45, 7) is 4.10. The second-order valence-corrected chi connectivity index (χ2v) is 8.39. The van der Waals surface area contributed by atoms with E-state index in [1.807, 2.05) is 67.6 Å². The second-order valence-electron chi connectivity index (χ2n) is 8.39. The van der Waals surface area contributed by atoms with Gasteiger partial charge in [0, 0.05) is 28.1 Å². The van der Waals surface area contributed by atoms with Crippen molar-refractivity contribution in [3.05, 3.63) is 101 Å². The van der Waals surface area contributed by atoms with Gasteiger partial charge in [0.1, 0.15) is 18.1 Å². The summed E-state index contributed by atoms with van der Waals surface area (Å²) in [4.78, 5) is 17.7. The lowest BCUT2D eigenvalue weighted by molar-refractivity contribution is 0.0593. The largest absolute Gasteiger partial charge is 0.497 e. The maximum Gasteiger partial charge on any atom is 0.338 e. The number of esters is 1. The summed E-state index contributed by atoms with van der Waals surface area (Å²) in [5.41, 5.74) is 6.80. The van der Waals surface area contributed by atoms with Crippen LogP contribution >= 0.6 is 0 Å². The predicted octanol–water partition coefficient (Wildman–Crippen LogP) is 6.20. The van der Waals surface area contributed by atoms with Gasteiger partial charge in [0.15, 0.2) is 0 Å². The molecule has 0 aliphatic rings. The molecule has 3 aromatic carbocycles. The molecule has 0 amide bonds. The van der Waals surface area contributed by atoms with Crippen molar-refractivity contribution in [2.45, 2.75) is 20.5 Å². The third-order valence-corrected chi connectivity index (χ3v) is 6.18. The highest BCUT2D eigenvalue weighted by Crippen LogP contribution is 2.32. The predicted molar refractivity (Wildman–Crippen MR) is 144 cm³/mol.